The van der Waals surface area contributed by atoms with Gasteiger partial charge < -0.3 is 9.47 Å². The van der Waals surface area contributed by atoms with Crippen molar-refractivity contribution in [1.82, 2.24) is 4.57 Å². The Hall–Kier alpha value is -7.94. The van der Waals surface area contributed by atoms with Crippen LogP contribution < -0.4 is 4.90 Å². The van der Waals surface area contributed by atoms with E-state index in [1.807, 2.05) is 0 Å². The van der Waals surface area contributed by atoms with Crippen molar-refractivity contribution in [2.75, 3.05) is 4.90 Å². The van der Waals surface area contributed by atoms with Crippen molar-refractivity contribution in [2.24, 2.45) is 0 Å². The molecular weight excluding hydrogens is 737 g/mol. The van der Waals surface area contributed by atoms with E-state index < -0.39 is 5.41 Å². The molecule has 2 aliphatic rings. The zero-order chi connectivity index (χ0) is 40.1. The highest BCUT2D eigenvalue weighted by Crippen LogP contribution is 2.62. The minimum Gasteiger partial charge on any atom is -0.309 e. The van der Waals surface area contributed by atoms with E-state index in [1.54, 1.807) is 0 Å². The lowest BCUT2D eigenvalue weighted by Gasteiger charge is -2.40. The van der Waals surface area contributed by atoms with Crippen LogP contribution in [0.2, 0.25) is 0 Å². The molecule has 0 radical (unpaired) electrons. The van der Waals surface area contributed by atoms with Gasteiger partial charge in [0.2, 0.25) is 0 Å². The smallest absolute Gasteiger partial charge is 0.0755 e. The fraction of sp³-hybridized carbons (Fsp3) is 0.0169. The number of para-hydroxylation sites is 3. The van der Waals surface area contributed by atoms with E-state index in [0.717, 1.165) is 17.1 Å². The van der Waals surface area contributed by atoms with Crippen LogP contribution >= 0.6 is 0 Å². The molecule has 0 saturated heterocycles. The molecule has 0 bridgehead atoms. The third-order valence-corrected chi connectivity index (χ3v) is 13.4. The Morgan fingerprint density at radius 3 is 1.69 bits per heavy atom. The summed E-state index contributed by atoms with van der Waals surface area (Å²) in [5.41, 5.74) is 19.1. The van der Waals surface area contributed by atoms with Crippen LogP contribution in [-0.2, 0) is 5.41 Å². The molecular formula is C59H38N2. The van der Waals surface area contributed by atoms with E-state index in [-0.39, 0.29) is 0 Å². The number of nitrogens with zero attached hydrogens (tertiary/aromatic N) is 2. The van der Waals surface area contributed by atoms with E-state index in [0.29, 0.717) is 0 Å². The summed E-state index contributed by atoms with van der Waals surface area (Å²) in [4.78, 5) is 2.53. The van der Waals surface area contributed by atoms with E-state index in [4.69, 9.17) is 0 Å². The SMILES string of the molecule is c1ccc(-c2ccc(-c3ccccc3N(c3cc4c5c(c3)c3ccccc3n5-c3ccccc3C43c4ccccc4-c4ccccc43)c3cccc4ccccc34)cc2)cc1. The highest BCUT2D eigenvalue weighted by atomic mass is 15.1. The number of rotatable bonds is 5. The van der Waals surface area contributed by atoms with Crippen molar-refractivity contribution in [1.29, 1.82) is 0 Å². The average molecular weight is 775 g/mol. The predicted molar refractivity (Wildman–Crippen MR) is 255 cm³/mol. The molecule has 13 rings (SSSR count). The second-order valence-electron chi connectivity index (χ2n) is 16.4. The fourth-order valence-corrected chi connectivity index (χ4v) is 10.9. The molecule has 0 unspecified atom stereocenters. The van der Waals surface area contributed by atoms with Crippen molar-refractivity contribution < 1.29 is 0 Å². The normalized spacial score (nSPS) is 13.0. The molecule has 1 aliphatic carbocycles. The van der Waals surface area contributed by atoms with E-state index in [1.165, 1.54) is 93.9 Å². The van der Waals surface area contributed by atoms with Crippen LogP contribution in [0.25, 0.3) is 71.6 Å². The zero-order valence-electron chi connectivity index (χ0n) is 33.3. The molecule has 10 aromatic carbocycles. The summed E-state index contributed by atoms with van der Waals surface area (Å²) in [7, 11) is 0. The number of benzene rings is 10. The van der Waals surface area contributed by atoms with Crippen molar-refractivity contribution >= 4 is 49.6 Å². The van der Waals surface area contributed by atoms with Crippen LogP contribution in [0, 0.1) is 0 Å². The summed E-state index contributed by atoms with van der Waals surface area (Å²) in [5, 5.41) is 4.90. The van der Waals surface area contributed by atoms with Gasteiger partial charge in [0.05, 0.1) is 33.5 Å². The standard InChI is InChI=1S/C59H38N2/c1-2-17-39(18-3-1)40-33-35-42(36-34-40)45-22-8-13-29-54(45)60(55-32-16-20-41-19-4-5-21-44(41)55)43-37-49-48-25-9-14-30-56(48)61-57-31-15-12-28-52(57)59(53(38-43)58(49)61)50-26-10-6-23-46(50)47-24-7-11-27-51(47)59/h1-38H. The van der Waals surface area contributed by atoms with E-state index in [2.05, 4.69) is 240 Å². The maximum absolute atomic E-state index is 2.54. The van der Waals surface area contributed by atoms with Crippen molar-refractivity contribution in [3.8, 4) is 39.1 Å². The van der Waals surface area contributed by atoms with E-state index >= 15 is 0 Å². The number of hydrogen-bond acceptors (Lipinski definition) is 1. The Balaban J connectivity index is 1.16. The summed E-state index contributed by atoms with van der Waals surface area (Å²) in [5.74, 6) is 0. The molecule has 0 fully saturated rings. The van der Waals surface area contributed by atoms with Gasteiger partial charge >= 0.3 is 0 Å². The maximum atomic E-state index is 2.54. The molecule has 1 spiro atoms. The molecule has 0 N–H and O–H groups in total. The van der Waals surface area contributed by atoms with Gasteiger partial charge in [0.1, 0.15) is 0 Å². The molecule has 61 heavy (non-hydrogen) atoms. The van der Waals surface area contributed by atoms with Gasteiger partial charge in [0, 0.05) is 27.4 Å². The second kappa shape index (κ2) is 13.0. The lowest BCUT2D eigenvalue weighted by molar-refractivity contribution is 0.748. The quantitative estimate of drug-likeness (QED) is 0.169. The van der Waals surface area contributed by atoms with E-state index in [9.17, 15) is 0 Å². The van der Waals surface area contributed by atoms with Gasteiger partial charge in [0.25, 0.3) is 0 Å². The van der Waals surface area contributed by atoms with Crippen LogP contribution in [0.1, 0.15) is 22.3 Å². The Bertz CT molecular complexity index is 3490. The summed E-state index contributed by atoms with van der Waals surface area (Å²) in [6, 6.07) is 85.5. The Morgan fingerprint density at radius 1 is 0.344 bits per heavy atom. The summed E-state index contributed by atoms with van der Waals surface area (Å²) >= 11 is 0. The van der Waals surface area contributed by atoms with Crippen molar-refractivity contribution in [3.05, 3.63) is 253 Å². The first-order valence-electron chi connectivity index (χ1n) is 21.2. The van der Waals surface area contributed by atoms with Gasteiger partial charge in [-0.3, -0.25) is 0 Å². The topological polar surface area (TPSA) is 8.17 Å². The maximum Gasteiger partial charge on any atom is 0.0755 e. The molecule has 0 atom stereocenters. The number of aromatic nitrogens is 1. The number of anilines is 3. The Labute approximate surface area is 354 Å². The first kappa shape index (κ1) is 34.0. The highest BCUT2D eigenvalue weighted by molar-refractivity contribution is 6.15. The zero-order valence-corrected chi connectivity index (χ0v) is 33.3. The van der Waals surface area contributed by atoms with Crippen molar-refractivity contribution in [3.63, 3.8) is 0 Å². The third-order valence-electron chi connectivity index (χ3n) is 13.4. The second-order valence-corrected chi connectivity index (χ2v) is 16.4. The molecule has 2 heteroatoms. The lowest BCUT2D eigenvalue weighted by Crippen LogP contribution is -2.33. The highest BCUT2D eigenvalue weighted by Gasteiger charge is 2.51. The first-order chi connectivity index (χ1) is 30.3. The van der Waals surface area contributed by atoms with Gasteiger partial charge in [-0.1, -0.05) is 194 Å². The largest absolute Gasteiger partial charge is 0.309 e. The minimum atomic E-state index is -0.556. The first-order valence-corrected chi connectivity index (χ1v) is 21.2. The van der Waals surface area contributed by atoms with Gasteiger partial charge in [-0.25, -0.2) is 0 Å². The molecule has 1 aromatic heterocycles. The molecule has 0 saturated carbocycles. The van der Waals surface area contributed by atoms with Crippen LogP contribution in [-0.4, -0.2) is 4.57 Å². The molecule has 11 aromatic rings. The van der Waals surface area contributed by atoms with Gasteiger partial charge in [-0.05, 0) is 91.9 Å². The van der Waals surface area contributed by atoms with Gasteiger partial charge in [0.15, 0.2) is 0 Å². The number of hydrogen-bond donors (Lipinski definition) is 0. The summed E-state index contributed by atoms with van der Waals surface area (Å²) in [6.45, 7) is 0. The van der Waals surface area contributed by atoms with Crippen molar-refractivity contribution in [2.45, 2.75) is 5.41 Å². The van der Waals surface area contributed by atoms with Crippen LogP contribution in [0.3, 0.4) is 0 Å². The van der Waals surface area contributed by atoms with Crippen LogP contribution in [0.4, 0.5) is 17.1 Å². The molecule has 1 aliphatic heterocycles. The lowest BCUT2D eigenvalue weighted by atomic mass is 9.65. The van der Waals surface area contributed by atoms with Gasteiger partial charge in [-0.2, -0.15) is 0 Å². The predicted octanol–water partition coefficient (Wildman–Crippen LogP) is 15.4. The Morgan fingerprint density at radius 2 is 0.902 bits per heavy atom. The van der Waals surface area contributed by atoms with Crippen LogP contribution in [0.5, 0.6) is 0 Å². The summed E-state index contributed by atoms with van der Waals surface area (Å²) < 4.78 is 2.54. The Kier molecular flexibility index (Phi) is 7.26. The minimum absolute atomic E-state index is 0.556. The molecule has 2 heterocycles. The molecule has 0 amide bonds. The third kappa shape index (κ3) is 4.73. The monoisotopic (exact) mass is 774 g/mol. The molecule has 2 nitrogen and oxygen atoms in total. The van der Waals surface area contributed by atoms with Crippen LogP contribution in [0.15, 0.2) is 231 Å². The van der Waals surface area contributed by atoms with Gasteiger partial charge in [-0.15, -0.1) is 0 Å². The fourth-order valence-electron chi connectivity index (χ4n) is 10.9. The molecule has 284 valence electrons. The average Bonchev–Trinajstić information content (AvgIpc) is 3.83. The number of fused-ring (bicyclic) bond motifs is 13. The summed E-state index contributed by atoms with van der Waals surface area (Å²) in [6.07, 6.45) is 0.